The van der Waals surface area contributed by atoms with Gasteiger partial charge in [0.2, 0.25) is 0 Å². The van der Waals surface area contributed by atoms with Crippen molar-refractivity contribution in [2.75, 3.05) is 19.7 Å². The van der Waals surface area contributed by atoms with E-state index in [2.05, 4.69) is 4.90 Å². The lowest BCUT2D eigenvalue weighted by Crippen LogP contribution is -2.45. The fraction of sp³-hybridized carbons (Fsp3) is 0.923. The van der Waals surface area contributed by atoms with Gasteiger partial charge in [-0.3, -0.25) is 9.69 Å². The Hall–Kier alpha value is -0.610. The van der Waals surface area contributed by atoms with E-state index in [9.17, 15) is 9.90 Å². The maximum Gasteiger partial charge on any atom is 0.320 e. The molecule has 17 heavy (non-hydrogen) atoms. The van der Waals surface area contributed by atoms with Crippen LogP contribution in [0.2, 0.25) is 0 Å². The lowest BCUT2D eigenvalue weighted by Gasteiger charge is -2.32. The third-order valence-corrected chi connectivity index (χ3v) is 3.51. The Morgan fingerprint density at radius 2 is 1.94 bits per heavy atom. The fourth-order valence-corrected chi connectivity index (χ4v) is 1.98. The summed E-state index contributed by atoms with van der Waals surface area (Å²) in [6.45, 7) is 7.08. The van der Waals surface area contributed by atoms with Crippen LogP contribution in [-0.4, -0.2) is 47.3 Å². The molecular weight excluding hydrogens is 218 g/mol. The molecule has 0 aromatic rings. The summed E-state index contributed by atoms with van der Waals surface area (Å²) in [6.07, 6.45) is 3.69. The van der Waals surface area contributed by atoms with Crippen LogP contribution in [0, 0.1) is 0 Å². The van der Waals surface area contributed by atoms with Gasteiger partial charge in [0.15, 0.2) is 0 Å². The van der Waals surface area contributed by atoms with Crippen molar-refractivity contribution in [3.05, 3.63) is 0 Å². The first-order valence-electron chi connectivity index (χ1n) is 6.66. The standard InChI is InChI=1S/C13H25NO3/c1-4-13(16,5-2)10-14(11-7-8-11)9-12(15)17-6-3/h11,16H,4-10H2,1-3H3. The van der Waals surface area contributed by atoms with Gasteiger partial charge in [0.25, 0.3) is 0 Å². The number of aliphatic hydroxyl groups is 1. The highest BCUT2D eigenvalue weighted by Crippen LogP contribution is 2.29. The molecule has 0 spiro atoms. The predicted molar refractivity (Wildman–Crippen MR) is 66.8 cm³/mol. The number of rotatable bonds is 8. The highest BCUT2D eigenvalue weighted by Gasteiger charge is 2.35. The maximum absolute atomic E-state index is 11.5. The van der Waals surface area contributed by atoms with E-state index < -0.39 is 5.60 Å². The lowest BCUT2D eigenvalue weighted by atomic mass is 9.96. The van der Waals surface area contributed by atoms with Crippen LogP contribution in [0.5, 0.6) is 0 Å². The summed E-state index contributed by atoms with van der Waals surface area (Å²) >= 11 is 0. The number of carbonyl (C=O) groups is 1. The number of hydrogen-bond acceptors (Lipinski definition) is 4. The SMILES string of the molecule is CCOC(=O)CN(CC(O)(CC)CC)C1CC1. The summed E-state index contributed by atoms with van der Waals surface area (Å²) in [5.41, 5.74) is -0.672. The van der Waals surface area contributed by atoms with Crippen LogP contribution in [0.1, 0.15) is 46.5 Å². The topological polar surface area (TPSA) is 49.8 Å². The van der Waals surface area contributed by atoms with Gasteiger partial charge in [-0.1, -0.05) is 13.8 Å². The van der Waals surface area contributed by atoms with Crippen LogP contribution < -0.4 is 0 Å². The molecule has 1 aliphatic rings. The van der Waals surface area contributed by atoms with Crippen molar-refractivity contribution in [1.29, 1.82) is 0 Å². The molecule has 4 heteroatoms. The Labute approximate surface area is 104 Å². The second-order valence-electron chi connectivity index (χ2n) is 4.87. The van der Waals surface area contributed by atoms with Crippen molar-refractivity contribution in [3.8, 4) is 0 Å². The molecule has 0 amide bonds. The van der Waals surface area contributed by atoms with Crippen LogP contribution in [0.25, 0.3) is 0 Å². The molecule has 0 bridgehead atoms. The van der Waals surface area contributed by atoms with Gasteiger partial charge in [-0.15, -0.1) is 0 Å². The zero-order chi connectivity index (χ0) is 12.9. The van der Waals surface area contributed by atoms with E-state index in [0.717, 1.165) is 25.7 Å². The van der Waals surface area contributed by atoms with Crippen molar-refractivity contribution in [2.45, 2.75) is 58.1 Å². The van der Waals surface area contributed by atoms with Gasteiger partial charge in [-0.25, -0.2) is 0 Å². The zero-order valence-electron chi connectivity index (χ0n) is 11.2. The molecule has 1 N–H and O–H groups in total. The van der Waals surface area contributed by atoms with E-state index in [0.29, 0.717) is 25.7 Å². The first-order chi connectivity index (χ1) is 8.04. The number of hydrogen-bond donors (Lipinski definition) is 1. The van der Waals surface area contributed by atoms with Gasteiger partial charge in [-0.05, 0) is 32.6 Å². The maximum atomic E-state index is 11.5. The van der Waals surface area contributed by atoms with Gasteiger partial charge >= 0.3 is 5.97 Å². The van der Waals surface area contributed by atoms with E-state index in [1.165, 1.54) is 0 Å². The van der Waals surface area contributed by atoms with Crippen molar-refractivity contribution < 1.29 is 14.6 Å². The number of nitrogens with zero attached hydrogens (tertiary/aromatic N) is 1. The van der Waals surface area contributed by atoms with E-state index in [1.807, 2.05) is 20.8 Å². The number of esters is 1. The van der Waals surface area contributed by atoms with Crippen LogP contribution >= 0.6 is 0 Å². The van der Waals surface area contributed by atoms with Gasteiger partial charge in [0.05, 0.1) is 18.8 Å². The summed E-state index contributed by atoms with van der Waals surface area (Å²) in [6, 6.07) is 0.462. The Bertz CT molecular complexity index is 247. The van der Waals surface area contributed by atoms with Gasteiger partial charge in [0, 0.05) is 12.6 Å². The number of ether oxygens (including phenoxy) is 1. The van der Waals surface area contributed by atoms with Gasteiger partial charge < -0.3 is 9.84 Å². The summed E-state index contributed by atoms with van der Waals surface area (Å²) in [5, 5.41) is 10.3. The van der Waals surface area contributed by atoms with Crippen LogP contribution in [0.4, 0.5) is 0 Å². The highest BCUT2D eigenvalue weighted by atomic mass is 16.5. The first kappa shape index (κ1) is 14.5. The molecule has 1 rings (SSSR count). The fourth-order valence-electron chi connectivity index (χ4n) is 1.98. The van der Waals surface area contributed by atoms with Crippen molar-refractivity contribution in [2.24, 2.45) is 0 Å². The van der Waals surface area contributed by atoms with Crippen LogP contribution in [0.15, 0.2) is 0 Å². The summed E-state index contributed by atoms with van der Waals surface area (Å²) in [5.74, 6) is -0.186. The Kier molecular flexibility index (Phi) is 5.40. The number of carbonyl (C=O) groups excluding carboxylic acids is 1. The molecule has 0 unspecified atom stereocenters. The molecule has 4 nitrogen and oxygen atoms in total. The van der Waals surface area contributed by atoms with Gasteiger partial charge in [-0.2, -0.15) is 0 Å². The molecule has 1 fully saturated rings. The first-order valence-corrected chi connectivity index (χ1v) is 6.66. The molecule has 0 aliphatic heterocycles. The second kappa shape index (κ2) is 6.36. The molecule has 0 heterocycles. The average Bonchev–Trinajstić information content (AvgIpc) is 3.12. The summed E-state index contributed by atoms with van der Waals surface area (Å²) in [4.78, 5) is 13.6. The van der Waals surface area contributed by atoms with Crippen LogP contribution in [-0.2, 0) is 9.53 Å². The lowest BCUT2D eigenvalue weighted by molar-refractivity contribution is -0.145. The van der Waals surface area contributed by atoms with Gasteiger partial charge in [0.1, 0.15) is 0 Å². The predicted octanol–water partition coefficient (Wildman–Crippen LogP) is 1.56. The molecule has 1 saturated carbocycles. The monoisotopic (exact) mass is 243 g/mol. The minimum Gasteiger partial charge on any atom is -0.465 e. The van der Waals surface area contributed by atoms with Crippen molar-refractivity contribution >= 4 is 5.97 Å². The molecule has 1 aliphatic carbocycles. The largest absolute Gasteiger partial charge is 0.465 e. The molecule has 0 radical (unpaired) electrons. The second-order valence-corrected chi connectivity index (χ2v) is 4.87. The third kappa shape index (κ3) is 4.64. The Morgan fingerprint density at radius 1 is 1.35 bits per heavy atom. The minimum absolute atomic E-state index is 0.186. The molecule has 0 saturated heterocycles. The smallest absolute Gasteiger partial charge is 0.320 e. The average molecular weight is 243 g/mol. The molecule has 0 atom stereocenters. The van der Waals surface area contributed by atoms with E-state index in [1.54, 1.807) is 0 Å². The Balaban J connectivity index is 2.51. The highest BCUT2D eigenvalue weighted by molar-refractivity contribution is 5.71. The third-order valence-electron chi connectivity index (χ3n) is 3.51. The van der Waals surface area contributed by atoms with Crippen molar-refractivity contribution in [1.82, 2.24) is 4.90 Å². The van der Waals surface area contributed by atoms with Crippen LogP contribution in [0.3, 0.4) is 0 Å². The minimum atomic E-state index is -0.672. The molecule has 0 aromatic heterocycles. The molecule has 0 aromatic carbocycles. The summed E-state index contributed by atoms with van der Waals surface area (Å²) < 4.78 is 4.97. The normalized spacial score (nSPS) is 16.3. The van der Waals surface area contributed by atoms with E-state index >= 15 is 0 Å². The van der Waals surface area contributed by atoms with Crippen molar-refractivity contribution in [3.63, 3.8) is 0 Å². The zero-order valence-corrected chi connectivity index (χ0v) is 11.2. The van der Waals surface area contributed by atoms with E-state index in [4.69, 9.17) is 4.74 Å². The summed E-state index contributed by atoms with van der Waals surface area (Å²) in [7, 11) is 0. The quantitative estimate of drug-likeness (QED) is 0.657. The Morgan fingerprint density at radius 3 is 2.35 bits per heavy atom. The molecular formula is C13H25NO3. The van der Waals surface area contributed by atoms with E-state index in [-0.39, 0.29) is 5.97 Å². The molecule has 100 valence electrons.